The summed E-state index contributed by atoms with van der Waals surface area (Å²) in [4.78, 5) is 14.3. The van der Waals surface area contributed by atoms with E-state index in [2.05, 4.69) is 5.16 Å². The quantitative estimate of drug-likeness (QED) is 0.633. The first-order valence-corrected chi connectivity index (χ1v) is 9.51. The van der Waals surface area contributed by atoms with Crippen molar-refractivity contribution >= 4 is 5.91 Å². The monoisotopic (exact) mass is 396 g/mol. The maximum absolute atomic E-state index is 13.2. The lowest BCUT2D eigenvalue weighted by atomic mass is 10.0. The second-order valence-electron chi connectivity index (χ2n) is 6.68. The van der Waals surface area contributed by atoms with Gasteiger partial charge in [-0.1, -0.05) is 17.3 Å². The molecular weight excluding hydrogens is 375 g/mol. The average molecular weight is 396 g/mol. The summed E-state index contributed by atoms with van der Waals surface area (Å²) in [6, 6.07) is 13.4. The van der Waals surface area contributed by atoms with Gasteiger partial charge in [-0.05, 0) is 49.7 Å². The first-order valence-electron chi connectivity index (χ1n) is 9.51. The van der Waals surface area contributed by atoms with Crippen molar-refractivity contribution in [3.63, 3.8) is 0 Å². The highest BCUT2D eigenvalue weighted by molar-refractivity contribution is 5.78. The van der Waals surface area contributed by atoms with Gasteiger partial charge in [-0.3, -0.25) is 4.79 Å². The SMILES string of the molecule is CCOc1ccccc1OCC(=O)N1CCc2c(noc2-c2ccc(F)cc2)C1. The molecule has 3 aromatic rings. The molecule has 0 bridgehead atoms. The van der Waals surface area contributed by atoms with Gasteiger partial charge in [-0.15, -0.1) is 0 Å². The molecular formula is C22H21FN2O4. The summed E-state index contributed by atoms with van der Waals surface area (Å²) >= 11 is 0. The Hall–Kier alpha value is -3.35. The molecule has 150 valence electrons. The minimum Gasteiger partial charge on any atom is -0.490 e. The van der Waals surface area contributed by atoms with E-state index in [1.54, 1.807) is 23.1 Å². The molecule has 2 aromatic carbocycles. The minimum atomic E-state index is -0.301. The summed E-state index contributed by atoms with van der Waals surface area (Å²) in [7, 11) is 0. The number of nitrogens with zero attached hydrogens (tertiary/aromatic N) is 2. The lowest BCUT2D eigenvalue weighted by Gasteiger charge is -2.26. The Balaban J connectivity index is 1.41. The van der Waals surface area contributed by atoms with E-state index in [1.165, 1.54) is 12.1 Å². The Morgan fingerprint density at radius 2 is 1.86 bits per heavy atom. The number of amides is 1. The fraction of sp³-hybridized carbons (Fsp3) is 0.273. The number of carbonyl (C=O) groups is 1. The highest BCUT2D eigenvalue weighted by Gasteiger charge is 2.27. The van der Waals surface area contributed by atoms with Gasteiger partial charge >= 0.3 is 0 Å². The summed E-state index contributed by atoms with van der Waals surface area (Å²) in [5, 5.41) is 4.12. The van der Waals surface area contributed by atoms with Crippen LogP contribution in [0.1, 0.15) is 18.2 Å². The fourth-order valence-corrected chi connectivity index (χ4v) is 3.35. The molecule has 7 heteroatoms. The lowest BCUT2D eigenvalue weighted by Crippen LogP contribution is -2.38. The van der Waals surface area contributed by atoms with E-state index in [1.807, 2.05) is 25.1 Å². The molecule has 0 aliphatic carbocycles. The van der Waals surface area contributed by atoms with E-state index < -0.39 is 0 Å². The van der Waals surface area contributed by atoms with Crippen LogP contribution in [0.4, 0.5) is 4.39 Å². The normalized spacial score (nSPS) is 13.1. The van der Waals surface area contributed by atoms with E-state index in [4.69, 9.17) is 14.0 Å². The van der Waals surface area contributed by atoms with Crippen molar-refractivity contribution in [3.05, 3.63) is 65.6 Å². The Labute approximate surface area is 167 Å². The van der Waals surface area contributed by atoms with Gasteiger partial charge in [0.2, 0.25) is 0 Å². The molecule has 0 atom stereocenters. The molecule has 1 aromatic heterocycles. The number of ether oxygens (including phenoxy) is 2. The van der Waals surface area contributed by atoms with E-state index >= 15 is 0 Å². The summed E-state index contributed by atoms with van der Waals surface area (Å²) in [5.74, 6) is 1.36. The Morgan fingerprint density at radius 3 is 2.59 bits per heavy atom. The second-order valence-corrected chi connectivity index (χ2v) is 6.68. The third-order valence-corrected chi connectivity index (χ3v) is 4.80. The highest BCUT2D eigenvalue weighted by Crippen LogP contribution is 2.31. The van der Waals surface area contributed by atoms with Gasteiger partial charge in [-0.25, -0.2) is 4.39 Å². The second kappa shape index (κ2) is 8.34. The first-order chi connectivity index (χ1) is 14.2. The number of para-hydroxylation sites is 2. The first kappa shape index (κ1) is 19.0. The third kappa shape index (κ3) is 4.08. The van der Waals surface area contributed by atoms with Crippen molar-refractivity contribution in [2.24, 2.45) is 0 Å². The van der Waals surface area contributed by atoms with Crippen LogP contribution in [0.2, 0.25) is 0 Å². The Kier molecular flexibility index (Phi) is 5.46. The van der Waals surface area contributed by atoms with Crippen LogP contribution in [0.3, 0.4) is 0 Å². The molecule has 4 rings (SSSR count). The molecule has 29 heavy (non-hydrogen) atoms. The molecule has 6 nitrogen and oxygen atoms in total. The molecule has 0 radical (unpaired) electrons. The molecule has 0 saturated carbocycles. The number of rotatable bonds is 6. The van der Waals surface area contributed by atoms with Crippen LogP contribution in [0.15, 0.2) is 53.1 Å². The number of fused-ring (bicyclic) bond motifs is 1. The Bertz CT molecular complexity index is 1000. The van der Waals surface area contributed by atoms with E-state index in [0.29, 0.717) is 43.4 Å². The van der Waals surface area contributed by atoms with Crippen LogP contribution in [-0.2, 0) is 17.8 Å². The standard InChI is InChI=1S/C22H21FN2O4/c1-2-27-19-5-3-4-6-20(19)28-14-21(26)25-12-11-17-18(13-25)24-29-22(17)15-7-9-16(23)10-8-15/h3-10H,2,11-14H2,1H3. The fourth-order valence-electron chi connectivity index (χ4n) is 3.35. The number of aromatic nitrogens is 1. The maximum Gasteiger partial charge on any atom is 0.260 e. The van der Waals surface area contributed by atoms with Crippen molar-refractivity contribution in [2.45, 2.75) is 19.9 Å². The van der Waals surface area contributed by atoms with E-state index in [-0.39, 0.29) is 18.3 Å². The van der Waals surface area contributed by atoms with Gasteiger partial charge in [0.05, 0.1) is 13.2 Å². The third-order valence-electron chi connectivity index (χ3n) is 4.80. The number of carbonyl (C=O) groups excluding carboxylic acids is 1. The lowest BCUT2D eigenvalue weighted by molar-refractivity contribution is -0.134. The number of benzene rings is 2. The summed E-state index contributed by atoms with van der Waals surface area (Å²) in [5.41, 5.74) is 2.46. The van der Waals surface area contributed by atoms with Crippen LogP contribution < -0.4 is 9.47 Å². The van der Waals surface area contributed by atoms with Crippen molar-refractivity contribution in [1.82, 2.24) is 10.1 Å². The molecule has 1 amide bonds. The zero-order valence-corrected chi connectivity index (χ0v) is 16.1. The average Bonchev–Trinajstić information content (AvgIpc) is 3.17. The molecule has 1 aliphatic heterocycles. The number of hydrogen-bond donors (Lipinski definition) is 0. The summed E-state index contributed by atoms with van der Waals surface area (Å²) in [6.45, 7) is 3.23. The maximum atomic E-state index is 13.2. The van der Waals surface area contributed by atoms with Gasteiger partial charge in [0, 0.05) is 17.7 Å². The van der Waals surface area contributed by atoms with Crippen molar-refractivity contribution in [2.75, 3.05) is 19.8 Å². The molecule has 0 saturated heterocycles. The predicted molar refractivity (Wildman–Crippen MR) is 104 cm³/mol. The number of halogens is 1. The molecule has 2 heterocycles. The summed E-state index contributed by atoms with van der Waals surface area (Å²) in [6.07, 6.45) is 0.618. The van der Waals surface area contributed by atoms with Crippen LogP contribution in [0, 0.1) is 5.82 Å². The van der Waals surface area contributed by atoms with Gasteiger partial charge < -0.3 is 18.9 Å². The van der Waals surface area contributed by atoms with Crippen LogP contribution in [0.5, 0.6) is 11.5 Å². The van der Waals surface area contributed by atoms with Crippen molar-refractivity contribution in [3.8, 4) is 22.8 Å². The van der Waals surface area contributed by atoms with Crippen LogP contribution in [0.25, 0.3) is 11.3 Å². The zero-order chi connectivity index (χ0) is 20.2. The van der Waals surface area contributed by atoms with Gasteiger partial charge in [0.1, 0.15) is 11.5 Å². The van der Waals surface area contributed by atoms with Crippen LogP contribution >= 0.6 is 0 Å². The van der Waals surface area contributed by atoms with Gasteiger partial charge in [0.15, 0.2) is 23.9 Å². The Morgan fingerprint density at radius 1 is 1.14 bits per heavy atom. The number of hydrogen-bond acceptors (Lipinski definition) is 5. The van der Waals surface area contributed by atoms with Crippen molar-refractivity contribution in [1.29, 1.82) is 0 Å². The largest absolute Gasteiger partial charge is 0.490 e. The molecule has 1 aliphatic rings. The molecule has 0 N–H and O–H groups in total. The van der Waals surface area contributed by atoms with Crippen molar-refractivity contribution < 1.29 is 23.2 Å². The smallest absolute Gasteiger partial charge is 0.260 e. The predicted octanol–water partition coefficient (Wildman–Crippen LogP) is 3.84. The molecule has 0 unspecified atom stereocenters. The van der Waals surface area contributed by atoms with Gasteiger partial charge in [0.25, 0.3) is 5.91 Å². The molecule has 0 spiro atoms. The minimum absolute atomic E-state index is 0.0813. The van der Waals surface area contributed by atoms with Gasteiger partial charge in [-0.2, -0.15) is 0 Å². The molecule has 0 fully saturated rings. The van der Waals surface area contributed by atoms with E-state index in [9.17, 15) is 9.18 Å². The van der Waals surface area contributed by atoms with Crippen LogP contribution in [-0.4, -0.2) is 35.7 Å². The van der Waals surface area contributed by atoms with E-state index in [0.717, 1.165) is 16.8 Å². The summed E-state index contributed by atoms with van der Waals surface area (Å²) < 4.78 is 29.8. The zero-order valence-electron chi connectivity index (χ0n) is 16.1. The highest BCUT2D eigenvalue weighted by atomic mass is 19.1. The topological polar surface area (TPSA) is 64.8 Å².